The van der Waals surface area contributed by atoms with E-state index < -0.39 is 40.2 Å². The molecule has 0 N–H and O–H groups in total. The number of nitro groups is 1. The Balaban J connectivity index is 2.09. The molecule has 2 aliphatic rings. The molecule has 0 spiro atoms. The maximum Gasteiger partial charge on any atom is 0.355 e. The molecule has 30 heavy (non-hydrogen) atoms. The largest absolute Gasteiger partial charge is 0.464 e. The molecule has 2 heterocycles. The zero-order valence-electron chi connectivity index (χ0n) is 16.8. The van der Waals surface area contributed by atoms with Crippen molar-refractivity contribution in [3.05, 3.63) is 34.4 Å². The van der Waals surface area contributed by atoms with E-state index in [2.05, 4.69) is 5.10 Å². The molecule has 11 heteroatoms. The second-order valence-corrected chi connectivity index (χ2v) is 7.72. The molecular weight excluding hydrogens is 396 g/mol. The van der Waals surface area contributed by atoms with Crippen molar-refractivity contribution in [2.75, 3.05) is 12.0 Å². The fraction of sp³-hybridized carbons (Fsp3) is 0.421. The first-order valence-corrected chi connectivity index (χ1v) is 9.07. The van der Waals surface area contributed by atoms with Crippen molar-refractivity contribution < 1.29 is 28.8 Å². The van der Waals surface area contributed by atoms with Gasteiger partial charge in [0, 0.05) is 18.6 Å². The number of hydrogen-bond acceptors (Lipinski definition) is 9. The first-order chi connectivity index (χ1) is 14.0. The van der Waals surface area contributed by atoms with Gasteiger partial charge in [-0.1, -0.05) is 6.07 Å². The minimum atomic E-state index is -1.24. The first-order valence-electron chi connectivity index (χ1n) is 9.07. The lowest BCUT2D eigenvalue weighted by molar-refractivity contribution is -0.384. The number of Topliss-reactive ketones (excluding diaryl/α,β-unsaturated/α-hetero) is 1. The Kier molecular flexibility index (Phi) is 5.15. The molecule has 0 saturated carbocycles. The Labute approximate surface area is 171 Å². The number of imide groups is 1. The Morgan fingerprint density at radius 1 is 1.27 bits per heavy atom. The summed E-state index contributed by atoms with van der Waals surface area (Å²) in [6.07, 6.45) is 0.0203. The van der Waals surface area contributed by atoms with Crippen LogP contribution in [0.1, 0.15) is 27.2 Å². The molecule has 3 rings (SSSR count). The Morgan fingerprint density at radius 2 is 1.93 bits per heavy atom. The minimum absolute atomic E-state index is 0.0159. The molecular formula is C19H20N4O7. The van der Waals surface area contributed by atoms with Gasteiger partial charge in [0.05, 0.1) is 23.3 Å². The van der Waals surface area contributed by atoms with Crippen LogP contribution in [0.15, 0.2) is 29.4 Å². The van der Waals surface area contributed by atoms with Crippen LogP contribution in [0.2, 0.25) is 0 Å². The number of non-ortho nitro benzene ring substituents is 1. The van der Waals surface area contributed by atoms with Crippen LogP contribution in [-0.2, 0) is 23.9 Å². The number of carbonyl (C=O) groups excluding carboxylic acids is 4. The van der Waals surface area contributed by atoms with Gasteiger partial charge in [0.25, 0.3) is 11.6 Å². The van der Waals surface area contributed by atoms with Crippen molar-refractivity contribution >= 4 is 40.7 Å². The number of benzene rings is 1. The van der Waals surface area contributed by atoms with Gasteiger partial charge < -0.3 is 4.74 Å². The lowest BCUT2D eigenvalue weighted by Crippen LogP contribution is -2.50. The molecule has 0 radical (unpaired) electrons. The number of ketones is 1. The molecule has 1 fully saturated rings. The molecule has 1 aromatic carbocycles. The van der Waals surface area contributed by atoms with E-state index in [0.29, 0.717) is 0 Å². The van der Waals surface area contributed by atoms with Crippen LogP contribution in [0, 0.1) is 16.0 Å². The number of nitro benzene ring substituents is 1. The van der Waals surface area contributed by atoms with Crippen molar-refractivity contribution in [1.82, 2.24) is 5.01 Å². The highest BCUT2D eigenvalue weighted by molar-refractivity contribution is 6.46. The molecule has 11 nitrogen and oxygen atoms in total. The highest BCUT2D eigenvalue weighted by Gasteiger charge is 2.61. The number of rotatable bonds is 6. The first kappa shape index (κ1) is 21.1. The summed E-state index contributed by atoms with van der Waals surface area (Å²) in [5.41, 5.74) is -1.49. The fourth-order valence-electron chi connectivity index (χ4n) is 3.88. The SMILES string of the molecule is COC(=O)C1=NN(C(C)(C)CC(C)=O)C2C(=O)N(c3cccc([N+](=O)[O-])c3)C(=O)C12. The molecule has 0 aromatic heterocycles. The average molecular weight is 416 g/mol. The predicted molar refractivity (Wildman–Crippen MR) is 104 cm³/mol. The van der Waals surface area contributed by atoms with Gasteiger partial charge in [-0.3, -0.25) is 29.5 Å². The van der Waals surface area contributed by atoms with Gasteiger partial charge in [-0.05, 0) is 26.8 Å². The molecule has 0 aliphatic carbocycles. The molecule has 1 aromatic rings. The van der Waals surface area contributed by atoms with Gasteiger partial charge in [-0.2, -0.15) is 5.10 Å². The molecule has 158 valence electrons. The van der Waals surface area contributed by atoms with E-state index >= 15 is 0 Å². The van der Waals surface area contributed by atoms with Crippen LogP contribution in [0.5, 0.6) is 0 Å². The number of hydrazone groups is 1. The summed E-state index contributed by atoms with van der Waals surface area (Å²) < 4.78 is 4.72. The maximum absolute atomic E-state index is 13.3. The van der Waals surface area contributed by atoms with Crippen molar-refractivity contribution in [1.29, 1.82) is 0 Å². The highest BCUT2D eigenvalue weighted by atomic mass is 16.6. The molecule has 2 atom stereocenters. The zero-order chi connectivity index (χ0) is 22.4. The highest BCUT2D eigenvalue weighted by Crippen LogP contribution is 2.40. The number of methoxy groups -OCH3 is 1. The third-order valence-corrected chi connectivity index (χ3v) is 5.04. The van der Waals surface area contributed by atoms with Crippen molar-refractivity contribution in [3.63, 3.8) is 0 Å². The van der Waals surface area contributed by atoms with E-state index in [-0.39, 0.29) is 29.3 Å². The van der Waals surface area contributed by atoms with Crippen molar-refractivity contribution in [2.24, 2.45) is 11.0 Å². The smallest absolute Gasteiger partial charge is 0.355 e. The second-order valence-electron chi connectivity index (χ2n) is 7.72. The minimum Gasteiger partial charge on any atom is -0.464 e. The van der Waals surface area contributed by atoms with E-state index in [1.807, 2.05) is 0 Å². The number of fused-ring (bicyclic) bond motifs is 1. The Hall–Kier alpha value is -3.63. The summed E-state index contributed by atoms with van der Waals surface area (Å²) in [6, 6.07) is 3.93. The van der Waals surface area contributed by atoms with Gasteiger partial charge in [-0.15, -0.1) is 0 Å². The van der Waals surface area contributed by atoms with E-state index in [1.54, 1.807) is 13.8 Å². The van der Waals surface area contributed by atoms with E-state index in [9.17, 15) is 29.3 Å². The van der Waals surface area contributed by atoms with E-state index in [0.717, 1.165) is 18.1 Å². The molecule has 2 amide bonds. The van der Waals surface area contributed by atoms with Gasteiger partial charge in [0.2, 0.25) is 5.91 Å². The standard InChI is InChI=1S/C19H20N4O7/c1-10(24)9-19(2,3)22-15-13(14(20-22)18(27)30-4)16(25)21(17(15)26)11-6-5-7-12(8-11)23(28)29/h5-8,13,15H,9H2,1-4H3. The number of carbonyl (C=O) groups is 4. The topological polar surface area (TPSA) is 139 Å². The van der Waals surface area contributed by atoms with E-state index in [1.165, 1.54) is 30.1 Å². The Bertz CT molecular complexity index is 1000. The lowest BCUT2D eigenvalue weighted by atomic mass is 9.92. The summed E-state index contributed by atoms with van der Waals surface area (Å²) in [4.78, 5) is 61.7. The van der Waals surface area contributed by atoms with Crippen LogP contribution in [-0.4, -0.2) is 57.9 Å². The summed E-state index contributed by atoms with van der Waals surface area (Å²) in [5, 5.41) is 16.6. The summed E-state index contributed by atoms with van der Waals surface area (Å²) in [6.45, 7) is 4.73. The number of ether oxygens (including phenoxy) is 1. The van der Waals surface area contributed by atoms with Crippen molar-refractivity contribution in [3.8, 4) is 0 Å². The van der Waals surface area contributed by atoms with Gasteiger partial charge in [0.15, 0.2) is 5.71 Å². The summed E-state index contributed by atoms with van der Waals surface area (Å²) in [5.74, 6) is -3.70. The van der Waals surface area contributed by atoms with Crippen molar-refractivity contribution in [2.45, 2.75) is 38.8 Å². The summed E-state index contributed by atoms with van der Waals surface area (Å²) in [7, 11) is 1.13. The number of nitrogens with zero attached hydrogens (tertiary/aromatic N) is 4. The van der Waals surface area contributed by atoms with Gasteiger partial charge >= 0.3 is 5.97 Å². The van der Waals surface area contributed by atoms with Crippen LogP contribution in [0.3, 0.4) is 0 Å². The number of esters is 1. The number of amides is 2. The molecule has 0 bridgehead atoms. The van der Waals surface area contributed by atoms with Gasteiger partial charge in [-0.25, -0.2) is 9.69 Å². The molecule has 2 unspecified atom stereocenters. The lowest BCUT2D eigenvalue weighted by Gasteiger charge is -2.36. The summed E-state index contributed by atoms with van der Waals surface area (Å²) >= 11 is 0. The predicted octanol–water partition coefficient (Wildman–Crippen LogP) is 1.06. The fourth-order valence-corrected chi connectivity index (χ4v) is 3.88. The molecule has 1 saturated heterocycles. The monoisotopic (exact) mass is 416 g/mol. The Morgan fingerprint density at radius 3 is 2.50 bits per heavy atom. The maximum atomic E-state index is 13.3. The second kappa shape index (κ2) is 7.32. The van der Waals surface area contributed by atoms with Crippen LogP contribution < -0.4 is 4.90 Å². The number of hydrogen-bond donors (Lipinski definition) is 0. The third-order valence-electron chi connectivity index (χ3n) is 5.04. The van der Waals surface area contributed by atoms with Gasteiger partial charge in [0.1, 0.15) is 17.7 Å². The average Bonchev–Trinajstić information content (AvgIpc) is 3.18. The number of anilines is 1. The zero-order valence-corrected chi connectivity index (χ0v) is 16.8. The van der Waals surface area contributed by atoms with Crippen LogP contribution in [0.4, 0.5) is 11.4 Å². The normalized spacial score (nSPS) is 20.9. The molecule has 2 aliphatic heterocycles. The van der Waals surface area contributed by atoms with Crippen LogP contribution >= 0.6 is 0 Å². The van der Waals surface area contributed by atoms with E-state index in [4.69, 9.17) is 4.74 Å². The van der Waals surface area contributed by atoms with Crippen LogP contribution in [0.25, 0.3) is 0 Å². The quantitative estimate of drug-likeness (QED) is 0.290. The third kappa shape index (κ3) is 3.31.